The van der Waals surface area contributed by atoms with Crippen molar-refractivity contribution in [1.82, 2.24) is 14.9 Å². The largest absolute Gasteiger partial charge is 0.376 e. The van der Waals surface area contributed by atoms with Gasteiger partial charge in [-0.1, -0.05) is 12.5 Å². The summed E-state index contributed by atoms with van der Waals surface area (Å²) in [5, 5.41) is 6.94. The van der Waals surface area contributed by atoms with Gasteiger partial charge in [0.25, 0.3) is 10.0 Å². The maximum Gasteiger partial charge on any atom is 0.309 e. The van der Waals surface area contributed by atoms with E-state index in [2.05, 4.69) is 10.6 Å². The molecule has 2 aliphatic rings. The Bertz CT molecular complexity index is 760. The Morgan fingerprint density at radius 2 is 2.00 bits per heavy atom. The lowest BCUT2D eigenvalue weighted by Gasteiger charge is -2.34. The summed E-state index contributed by atoms with van der Waals surface area (Å²) in [4.78, 5) is 23.8. The van der Waals surface area contributed by atoms with Gasteiger partial charge in [-0.05, 0) is 43.6 Å². The van der Waals surface area contributed by atoms with Crippen LogP contribution in [0.5, 0.6) is 0 Å². The first-order valence-corrected chi connectivity index (χ1v) is 12.0. The summed E-state index contributed by atoms with van der Waals surface area (Å²) in [5.41, 5.74) is 0. The lowest BCUT2D eigenvalue weighted by Crippen LogP contribution is -2.46. The van der Waals surface area contributed by atoms with Crippen molar-refractivity contribution in [3.05, 3.63) is 17.5 Å². The minimum Gasteiger partial charge on any atom is -0.376 e. The van der Waals surface area contributed by atoms with Gasteiger partial charge in [0.2, 0.25) is 0 Å². The zero-order chi connectivity index (χ0) is 20.0. The number of piperidine rings is 1. The van der Waals surface area contributed by atoms with E-state index in [9.17, 15) is 18.0 Å². The molecule has 3 rings (SSSR count). The Kier molecular flexibility index (Phi) is 7.44. The van der Waals surface area contributed by atoms with Crippen molar-refractivity contribution in [3.8, 4) is 0 Å². The Labute approximate surface area is 169 Å². The number of hydrogen-bond acceptors (Lipinski definition) is 6. The molecule has 0 aromatic carbocycles. The molecular formula is C18H27N3O5S2. The summed E-state index contributed by atoms with van der Waals surface area (Å²) in [7, 11) is -3.51. The molecule has 2 amide bonds. The quantitative estimate of drug-likeness (QED) is 0.632. The Hall–Kier alpha value is -1.49. The van der Waals surface area contributed by atoms with Crippen LogP contribution in [0.15, 0.2) is 21.7 Å². The summed E-state index contributed by atoms with van der Waals surface area (Å²) in [6.07, 6.45) is 4.86. The third-order valence-electron chi connectivity index (χ3n) is 5.11. The highest BCUT2D eigenvalue weighted by atomic mass is 32.2. The highest BCUT2D eigenvalue weighted by molar-refractivity contribution is 7.91. The van der Waals surface area contributed by atoms with E-state index in [0.29, 0.717) is 30.3 Å². The third-order valence-corrected chi connectivity index (χ3v) is 8.44. The molecule has 10 heteroatoms. The fraction of sp³-hybridized carbons (Fsp3) is 0.667. The van der Waals surface area contributed by atoms with Crippen molar-refractivity contribution >= 4 is 33.2 Å². The van der Waals surface area contributed by atoms with Gasteiger partial charge in [-0.2, -0.15) is 4.31 Å². The number of nitrogens with zero attached hydrogens (tertiary/aromatic N) is 1. The number of carbonyl (C=O) groups is 2. The van der Waals surface area contributed by atoms with Crippen molar-refractivity contribution < 1.29 is 22.7 Å². The van der Waals surface area contributed by atoms with Crippen LogP contribution in [0.25, 0.3) is 0 Å². The normalized spacial score (nSPS) is 23.4. The second-order valence-corrected chi connectivity index (χ2v) is 10.2. The number of thiophene rings is 1. The first-order valence-electron chi connectivity index (χ1n) is 9.71. The number of carbonyl (C=O) groups excluding carboxylic acids is 2. The van der Waals surface area contributed by atoms with E-state index in [4.69, 9.17) is 4.74 Å². The van der Waals surface area contributed by atoms with E-state index < -0.39 is 21.8 Å². The lowest BCUT2D eigenvalue weighted by atomic mass is 10.0. The van der Waals surface area contributed by atoms with Crippen molar-refractivity contribution in [2.75, 3.05) is 26.2 Å². The Morgan fingerprint density at radius 3 is 2.71 bits per heavy atom. The standard InChI is InChI=1S/C18H27N3O5S2/c22-17(18(23)20-13-15-6-3-11-26-15)19-9-8-14-5-1-2-10-21(14)28(24,25)16-7-4-12-27-16/h4,7,12,14-15H,1-3,5-6,8-11,13H2,(H,19,22)(H,20,23)/t14-,15+/m0/s1. The average Bonchev–Trinajstić information content (AvgIpc) is 3.40. The zero-order valence-electron chi connectivity index (χ0n) is 15.8. The molecule has 2 aliphatic heterocycles. The summed E-state index contributed by atoms with van der Waals surface area (Å²) in [6, 6.07) is 3.17. The maximum atomic E-state index is 12.8. The summed E-state index contributed by atoms with van der Waals surface area (Å²) in [5.74, 6) is -1.37. The number of amides is 2. The predicted octanol–water partition coefficient (Wildman–Crippen LogP) is 1.09. The van der Waals surface area contributed by atoms with E-state index in [-0.39, 0.29) is 18.7 Å². The van der Waals surface area contributed by atoms with Gasteiger partial charge in [0.05, 0.1) is 6.10 Å². The third kappa shape index (κ3) is 5.31. The minimum atomic E-state index is -3.51. The molecule has 1 aromatic rings. The van der Waals surface area contributed by atoms with Crippen LogP contribution in [0.4, 0.5) is 0 Å². The highest BCUT2D eigenvalue weighted by Gasteiger charge is 2.33. The molecule has 28 heavy (non-hydrogen) atoms. The number of nitrogens with one attached hydrogen (secondary N) is 2. The van der Waals surface area contributed by atoms with Crippen LogP contribution < -0.4 is 10.6 Å². The SMILES string of the molecule is O=C(NCC[C@@H]1CCCCN1S(=O)(=O)c1cccs1)C(=O)NC[C@H]1CCCO1. The fourth-order valence-electron chi connectivity index (χ4n) is 3.63. The summed E-state index contributed by atoms with van der Waals surface area (Å²) >= 11 is 1.21. The molecule has 156 valence electrons. The molecule has 2 atom stereocenters. The molecule has 0 bridgehead atoms. The molecule has 2 N–H and O–H groups in total. The van der Waals surface area contributed by atoms with E-state index in [1.807, 2.05) is 0 Å². The molecular weight excluding hydrogens is 402 g/mol. The topological polar surface area (TPSA) is 105 Å². The van der Waals surface area contributed by atoms with Gasteiger partial charge in [-0.25, -0.2) is 8.42 Å². The van der Waals surface area contributed by atoms with Gasteiger partial charge in [0.1, 0.15) is 4.21 Å². The van der Waals surface area contributed by atoms with Gasteiger partial charge < -0.3 is 15.4 Å². The van der Waals surface area contributed by atoms with Crippen molar-refractivity contribution in [3.63, 3.8) is 0 Å². The van der Waals surface area contributed by atoms with Crippen LogP contribution in [-0.2, 0) is 24.3 Å². The number of sulfonamides is 1. The first kappa shape index (κ1) is 21.2. The van der Waals surface area contributed by atoms with Gasteiger partial charge >= 0.3 is 11.8 Å². The average molecular weight is 430 g/mol. The van der Waals surface area contributed by atoms with Crippen LogP contribution in [0.3, 0.4) is 0 Å². The summed E-state index contributed by atoms with van der Waals surface area (Å²) in [6.45, 7) is 1.77. The van der Waals surface area contributed by atoms with Crippen molar-refractivity contribution in [2.45, 2.75) is 54.9 Å². The molecule has 0 saturated carbocycles. The van der Waals surface area contributed by atoms with Crippen LogP contribution in [-0.4, -0.2) is 62.9 Å². The second-order valence-electron chi connectivity index (χ2n) is 7.09. The first-order chi connectivity index (χ1) is 13.5. The van der Waals surface area contributed by atoms with E-state index in [0.717, 1.165) is 32.1 Å². The minimum absolute atomic E-state index is 0.0185. The van der Waals surface area contributed by atoms with Gasteiger partial charge in [0.15, 0.2) is 0 Å². The van der Waals surface area contributed by atoms with E-state index in [1.165, 1.54) is 11.3 Å². The molecule has 0 aliphatic carbocycles. The molecule has 0 spiro atoms. The van der Waals surface area contributed by atoms with Crippen molar-refractivity contribution in [1.29, 1.82) is 0 Å². The molecule has 0 radical (unpaired) electrons. The maximum absolute atomic E-state index is 12.8. The zero-order valence-corrected chi connectivity index (χ0v) is 17.4. The van der Waals surface area contributed by atoms with E-state index in [1.54, 1.807) is 21.8 Å². The molecule has 3 heterocycles. The number of ether oxygens (including phenoxy) is 1. The molecule has 1 aromatic heterocycles. The molecule has 0 unspecified atom stereocenters. The Morgan fingerprint density at radius 1 is 1.18 bits per heavy atom. The lowest BCUT2D eigenvalue weighted by molar-refractivity contribution is -0.139. The molecule has 8 nitrogen and oxygen atoms in total. The Balaban J connectivity index is 1.47. The predicted molar refractivity (Wildman–Crippen MR) is 105 cm³/mol. The van der Waals surface area contributed by atoms with Crippen LogP contribution in [0, 0.1) is 0 Å². The van der Waals surface area contributed by atoms with Crippen LogP contribution in [0.2, 0.25) is 0 Å². The second kappa shape index (κ2) is 9.82. The fourth-order valence-corrected chi connectivity index (χ4v) is 6.47. The van der Waals surface area contributed by atoms with E-state index >= 15 is 0 Å². The van der Waals surface area contributed by atoms with Crippen molar-refractivity contribution in [2.24, 2.45) is 0 Å². The van der Waals surface area contributed by atoms with Crippen LogP contribution >= 0.6 is 11.3 Å². The number of hydrogen-bond donors (Lipinski definition) is 2. The van der Waals surface area contributed by atoms with Gasteiger partial charge in [-0.15, -0.1) is 11.3 Å². The summed E-state index contributed by atoms with van der Waals surface area (Å²) < 4.78 is 33.0. The molecule has 2 fully saturated rings. The van der Waals surface area contributed by atoms with Crippen LogP contribution in [0.1, 0.15) is 38.5 Å². The highest BCUT2D eigenvalue weighted by Crippen LogP contribution is 2.29. The van der Waals surface area contributed by atoms with Gasteiger partial charge in [0, 0.05) is 32.3 Å². The monoisotopic (exact) mass is 429 g/mol. The van der Waals surface area contributed by atoms with Gasteiger partial charge in [-0.3, -0.25) is 9.59 Å². The smallest absolute Gasteiger partial charge is 0.309 e. The number of rotatable bonds is 7. The molecule has 2 saturated heterocycles.